The van der Waals surface area contributed by atoms with Crippen molar-refractivity contribution in [2.24, 2.45) is 0 Å². The molecule has 100 valence electrons. The van der Waals surface area contributed by atoms with E-state index in [1.807, 2.05) is 7.05 Å². The third-order valence-electron chi connectivity index (χ3n) is 3.30. The van der Waals surface area contributed by atoms with Gasteiger partial charge in [-0.1, -0.05) is 15.9 Å². The van der Waals surface area contributed by atoms with Crippen molar-refractivity contribution in [3.8, 4) is 5.75 Å². The molecule has 3 rings (SSSR count). The van der Waals surface area contributed by atoms with Gasteiger partial charge in [-0.2, -0.15) is 0 Å². The highest BCUT2D eigenvalue weighted by molar-refractivity contribution is 9.11. The van der Waals surface area contributed by atoms with Gasteiger partial charge in [0.05, 0.1) is 16.4 Å². The first-order valence-electron chi connectivity index (χ1n) is 6.05. The molecular formula is C14H13Br2NOS. The zero-order valence-corrected chi connectivity index (χ0v) is 14.4. The number of nitrogens with one attached hydrogen (secondary N) is 1. The SMILES string of the molecule is CNC(c1csc(Br)c1)c1cc(Br)cc2c1OCC2. The molecule has 2 nitrogen and oxygen atoms in total. The maximum atomic E-state index is 5.83. The Morgan fingerprint density at radius 2 is 2.16 bits per heavy atom. The molecule has 1 aromatic carbocycles. The smallest absolute Gasteiger partial charge is 0.127 e. The van der Waals surface area contributed by atoms with Crippen molar-refractivity contribution in [3.63, 3.8) is 0 Å². The number of rotatable bonds is 3. The molecule has 1 aromatic heterocycles. The van der Waals surface area contributed by atoms with Crippen molar-refractivity contribution in [1.29, 1.82) is 0 Å². The largest absolute Gasteiger partial charge is 0.493 e. The quantitative estimate of drug-likeness (QED) is 0.814. The average molecular weight is 403 g/mol. The maximum Gasteiger partial charge on any atom is 0.127 e. The first-order valence-corrected chi connectivity index (χ1v) is 8.52. The summed E-state index contributed by atoms with van der Waals surface area (Å²) in [6.07, 6.45) is 0.992. The van der Waals surface area contributed by atoms with Gasteiger partial charge in [0.1, 0.15) is 5.75 Å². The number of hydrogen-bond acceptors (Lipinski definition) is 3. The first-order chi connectivity index (χ1) is 9.19. The minimum absolute atomic E-state index is 0.159. The summed E-state index contributed by atoms with van der Waals surface area (Å²) in [5.41, 5.74) is 3.75. The normalized spacial score (nSPS) is 15.1. The predicted molar refractivity (Wildman–Crippen MR) is 86.3 cm³/mol. The van der Waals surface area contributed by atoms with E-state index in [0.717, 1.165) is 27.0 Å². The van der Waals surface area contributed by atoms with Gasteiger partial charge in [0, 0.05) is 16.5 Å². The predicted octanol–water partition coefficient (Wildman–Crippen LogP) is 4.52. The number of halogens is 2. The van der Waals surface area contributed by atoms with Crippen LogP contribution in [0.2, 0.25) is 0 Å². The summed E-state index contributed by atoms with van der Waals surface area (Å²) in [6.45, 7) is 0.780. The van der Waals surface area contributed by atoms with E-state index >= 15 is 0 Å². The van der Waals surface area contributed by atoms with E-state index in [4.69, 9.17) is 4.74 Å². The second-order valence-corrected chi connectivity index (χ2v) is 7.69. The number of hydrogen-bond donors (Lipinski definition) is 1. The van der Waals surface area contributed by atoms with E-state index in [0.29, 0.717) is 0 Å². The second-order valence-electron chi connectivity index (χ2n) is 4.49. The highest BCUT2D eigenvalue weighted by Crippen LogP contribution is 2.39. The van der Waals surface area contributed by atoms with Crippen LogP contribution in [0, 0.1) is 0 Å². The Hall–Kier alpha value is -0.360. The number of fused-ring (bicyclic) bond motifs is 1. The van der Waals surface area contributed by atoms with Crippen molar-refractivity contribution in [2.75, 3.05) is 13.7 Å². The molecule has 0 saturated carbocycles. The summed E-state index contributed by atoms with van der Waals surface area (Å²) in [6, 6.07) is 6.62. The fourth-order valence-corrected chi connectivity index (χ4v) is 4.21. The van der Waals surface area contributed by atoms with Gasteiger partial charge in [-0.3, -0.25) is 0 Å². The summed E-state index contributed by atoms with van der Waals surface area (Å²) in [5, 5.41) is 5.56. The van der Waals surface area contributed by atoms with Gasteiger partial charge in [0.2, 0.25) is 0 Å². The molecule has 0 amide bonds. The van der Waals surface area contributed by atoms with Crippen molar-refractivity contribution < 1.29 is 4.74 Å². The highest BCUT2D eigenvalue weighted by Gasteiger charge is 2.24. The van der Waals surface area contributed by atoms with E-state index in [1.54, 1.807) is 11.3 Å². The summed E-state index contributed by atoms with van der Waals surface area (Å²) >= 11 is 8.83. The molecule has 0 radical (unpaired) electrons. The minimum atomic E-state index is 0.159. The molecular weight excluding hydrogens is 390 g/mol. The zero-order chi connectivity index (χ0) is 13.4. The Balaban J connectivity index is 2.09. The van der Waals surface area contributed by atoms with Crippen LogP contribution in [-0.4, -0.2) is 13.7 Å². The van der Waals surface area contributed by atoms with E-state index in [-0.39, 0.29) is 6.04 Å². The monoisotopic (exact) mass is 401 g/mol. The second kappa shape index (κ2) is 5.56. The van der Waals surface area contributed by atoms with E-state index in [2.05, 4.69) is 60.8 Å². The highest BCUT2D eigenvalue weighted by atomic mass is 79.9. The van der Waals surface area contributed by atoms with Crippen molar-refractivity contribution in [3.05, 3.63) is 48.5 Å². The van der Waals surface area contributed by atoms with Crippen LogP contribution in [0.4, 0.5) is 0 Å². The van der Waals surface area contributed by atoms with Gasteiger partial charge < -0.3 is 10.1 Å². The summed E-state index contributed by atoms with van der Waals surface area (Å²) in [5.74, 6) is 1.05. The molecule has 0 spiro atoms. The molecule has 1 unspecified atom stereocenters. The van der Waals surface area contributed by atoms with Crippen LogP contribution in [0.3, 0.4) is 0 Å². The standard InChI is InChI=1S/C14H13Br2NOS/c1-17-13(9-5-12(16)19-7-9)11-6-10(15)4-8-2-3-18-14(8)11/h4-7,13,17H,2-3H2,1H3. The Morgan fingerprint density at radius 1 is 1.32 bits per heavy atom. The molecule has 0 fully saturated rings. The van der Waals surface area contributed by atoms with Gasteiger partial charge >= 0.3 is 0 Å². The van der Waals surface area contributed by atoms with Crippen molar-refractivity contribution in [1.82, 2.24) is 5.32 Å². The molecule has 5 heteroatoms. The van der Waals surface area contributed by atoms with Gasteiger partial charge in [0.15, 0.2) is 0 Å². The number of thiophene rings is 1. The molecule has 1 N–H and O–H groups in total. The maximum absolute atomic E-state index is 5.83. The van der Waals surface area contributed by atoms with Gasteiger partial charge in [-0.15, -0.1) is 11.3 Å². The van der Waals surface area contributed by atoms with Gasteiger partial charge in [-0.25, -0.2) is 0 Å². The molecule has 0 aliphatic carbocycles. The van der Waals surface area contributed by atoms with Crippen LogP contribution in [0.5, 0.6) is 5.75 Å². The third kappa shape index (κ3) is 2.61. The molecule has 2 heterocycles. The lowest BCUT2D eigenvalue weighted by atomic mass is 9.98. The minimum Gasteiger partial charge on any atom is -0.493 e. The van der Waals surface area contributed by atoms with E-state index in [1.165, 1.54) is 16.7 Å². The molecule has 0 bridgehead atoms. The molecule has 0 saturated heterocycles. The number of benzene rings is 1. The first kappa shape index (κ1) is 13.6. The topological polar surface area (TPSA) is 21.3 Å². The number of ether oxygens (including phenoxy) is 1. The molecule has 2 aromatic rings. The van der Waals surface area contributed by atoms with E-state index in [9.17, 15) is 0 Å². The molecule has 19 heavy (non-hydrogen) atoms. The lowest BCUT2D eigenvalue weighted by Crippen LogP contribution is -2.17. The summed E-state index contributed by atoms with van der Waals surface area (Å²) < 4.78 is 8.09. The Morgan fingerprint density at radius 3 is 2.84 bits per heavy atom. The average Bonchev–Trinajstić information content (AvgIpc) is 2.99. The van der Waals surface area contributed by atoms with E-state index < -0.39 is 0 Å². The fourth-order valence-electron chi connectivity index (χ4n) is 2.49. The van der Waals surface area contributed by atoms with Crippen LogP contribution < -0.4 is 10.1 Å². The van der Waals surface area contributed by atoms with Crippen molar-refractivity contribution in [2.45, 2.75) is 12.5 Å². The molecule has 1 atom stereocenters. The summed E-state index contributed by atoms with van der Waals surface area (Å²) in [7, 11) is 1.98. The van der Waals surface area contributed by atoms with Crippen LogP contribution in [0.1, 0.15) is 22.7 Å². The Bertz CT molecular complexity index is 611. The molecule has 1 aliphatic heterocycles. The molecule has 1 aliphatic rings. The lowest BCUT2D eigenvalue weighted by Gasteiger charge is -2.19. The lowest BCUT2D eigenvalue weighted by molar-refractivity contribution is 0.351. The van der Waals surface area contributed by atoms with Gasteiger partial charge in [0.25, 0.3) is 0 Å². The van der Waals surface area contributed by atoms with Gasteiger partial charge in [-0.05, 0) is 57.7 Å². The Kier molecular flexibility index (Phi) is 3.98. The van der Waals surface area contributed by atoms with Crippen LogP contribution in [-0.2, 0) is 6.42 Å². The fraction of sp³-hybridized carbons (Fsp3) is 0.286. The third-order valence-corrected chi connectivity index (χ3v) is 5.28. The summed E-state index contributed by atoms with van der Waals surface area (Å²) in [4.78, 5) is 0. The van der Waals surface area contributed by atoms with Crippen LogP contribution >= 0.6 is 43.2 Å². The van der Waals surface area contributed by atoms with Crippen LogP contribution in [0.25, 0.3) is 0 Å². The Labute approximate surface area is 133 Å². The van der Waals surface area contributed by atoms with Crippen LogP contribution in [0.15, 0.2) is 31.8 Å². The van der Waals surface area contributed by atoms with Crippen molar-refractivity contribution >= 4 is 43.2 Å². The zero-order valence-electron chi connectivity index (χ0n) is 10.4.